The molecule has 0 aromatic rings. The van der Waals surface area contributed by atoms with E-state index in [1.165, 1.54) is 6.08 Å². The lowest BCUT2D eigenvalue weighted by atomic mass is 10.2. The Morgan fingerprint density at radius 3 is 2.53 bits per heavy atom. The van der Waals surface area contributed by atoms with Crippen molar-refractivity contribution in [1.82, 2.24) is 4.90 Å². The minimum atomic E-state index is -0.359. The van der Waals surface area contributed by atoms with Gasteiger partial charge in [-0.2, -0.15) is 0 Å². The lowest BCUT2D eigenvalue weighted by molar-refractivity contribution is -0.138. The van der Waals surface area contributed by atoms with E-state index in [1.54, 1.807) is 0 Å². The van der Waals surface area contributed by atoms with Crippen molar-refractivity contribution in [2.75, 3.05) is 26.7 Å². The Bertz CT molecular complexity index is 259. The quantitative estimate of drug-likeness (QED) is 0.253. The van der Waals surface area contributed by atoms with Crippen molar-refractivity contribution >= 4 is 5.97 Å². The molecule has 0 saturated carbocycles. The summed E-state index contributed by atoms with van der Waals surface area (Å²) in [6, 6.07) is 0. The number of unbranched alkanes of at least 4 members (excludes halogenated alkanes) is 1. The van der Waals surface area contributed by atoms with Gasteiger partial charge in [-0.1, -0.05) is 24.8 Å². The number of hydrogen-bond acceptors (Lipinski definition) is 3. The van der Waals surface area contributed by atoms with E-state index >= 15 is 0 Å². The number of carbonyl (C=O) groups excluding carboxylic acids is 1. The Balaban J connectivity index is 3.42. The summed E-state index contributed by atoms with van der Waals surface area (Å²) in [4.78, 5) is 12.9. The second-order valence-corrected chi connectivity index (χ2v) is 3.80. The van der Waals surface area contributed by atoms with Gasteiger partial charge in [0.05, 0.1) is 0 Å². The van der Waals surface area contributed by atoms with Crippen LogP contribution in [0.4, 0.5) is 0 Å². The Morgan fingerprint density at radius 1 is 1.18 bits per heavy atom. The van der Waals surface area contributed by atoms with Crippen molar-refractivity contribution in [2.24, 2.45) is 0 Å². The minimum absolute atomic E-state index is 0.359. The van der Waals surface area contributed by atoms with Crippen molar-refractivity contribution in [1.29, 1.82) is 0 Å². The molecule has 0 aliphatic carbocycles. The maximum atomic E-state index is 10.8. The largest absolute Gasteiger partial charge is 0.461 e. The molecule has 0 radical (unpaired) electrons. The average Bonchev–Trinajstić information content (AvgIpc) is 2.33. The van der Waals surface area contributed by atoms with Gasteiger partial charge in [0.15, 0.2) is 0 Å². The van der Waals surface area contributed by atoms with Crippen LogP contribution in [0.5, 0.6) is 0 Å². The molecule has 0 fully saturated rings. The predicted molar refractivity (Wildman–Crippen MR) is 71.8 cm³/mol. The van der Waals surface area contributed by atoms with Crippen molar-refractivity contribution < 1.29 is 9.53 Å². The molecule has 0 aliphatic heterocycles. The highest BCUT2D eigenvalue weighted by atomic mass is 16.5. The summed E-state index contributed by atoms with van der Waals surface area (Å²) in [5.74, 6) is -0.359. The van der Waals surface area contributed by atoms with Crippen LogP contribution in [0.3, 0.4) is 0 Å². The Kier molecular flexibility index (Phi) is 10.3. The van der Waals surface area contributed by atoms with Gasteiger partial charge in [0.2, 0.25) is 0 Å². The normalized spacial score (nSPS) is 10.7. The first-order chi connectivity index (χ1) is 8.20. The van der Waals surface area contributed by atoms with Crippen LogP contribution in [0.25, 0.3) is 0 Å². The molecular formula is C14H23NO2. The maximum absolute atomic E-state index is 10.8. The first-order valence-corrected chi connectivity index (χ1v) is 5.94. The van der Waals surface area contributed by atoms with Crippen LogP contribution in [0.15, 0.2) is 37.5 Å². The monoisotopic (exact) mass is 237 g/mol. The number of allylic oxidation sites excluding steroid dienone is 2. The fourth-order valence-electron chi connectivity index (χ4n) is 1.22. The van der Waals surface area contributed by atoms with Crippen LogP contribution < -0.4 is 0 Å². The lowest BCUT2D eigenvalue weighted by Crippen LogP contribution is -2.24. The van der Waals surface area contributed by atoms with Crippen molar-refractivity contribution in [3.63, 3.8) is 0 Å². The number of nitrogens with zero attached hydrogens (tertiary/aromatic N) is 1. The van der Waals surface area contributed by atoms with E-state index in [4.69, 9.17) is 4.74 Å². The third-order valence-electron chi connectivity index (χ3n) is 2.27. The van der Waals surface area contributed by atoms with Crippen molar-refractivity contribution in [3.8, 4) is 0 Å². The highest BCUT2D eigenvalue weighted by Gasteiger charge is 1.99. The number of likely N-dealkylation sites (N-methyl/N-ethyl adjacent to an activating group) is 1. The van der Waals surface area contributed by atoms with Crippen molar-refractivity contribution in [3.05, 3.63) is 37.5 Å². The van der Waals surface area contributed by atoms with Crippen LogP contribution in [0.1, 0.15) is 19.3 Å². The molecule has 96 valence electrons. The lowest BCUT2D eigenvalue weighted by Gasteiger charge is -2.14. The first-order valence-electron chi connectivity index (χ1n) is 5.94. The molecule has 0 N–H and O–H groups in total. The zero-order valence-electron chi connectivity index (χ0n) is 10.7. The van der Waals surface area contributed by atoms with E-state index in [-0.39, 0.29) is 5.97 Å². The fraction of sp³-hybridized carbons (Fsp3) is 0.500. The summed E-state index contributed by atoms with van der Waals surface area (Å²) in [5.41, 5.74) is 0. The Morgan fingerprint density at radius 2 is 1.88 bits per heavy atom. The van der Waals surface area contributed by atoms with Gasteiger partial charge in [-0.15, -0.1) is 6.58 Å². The van der Waals surface area contributed by atoms with Gasteiger partial charge >= 0.3 is 5.97 Å². The first kappa shape index (κ1) is 15.7. The molecule has 3 heteroatoms. The standard InChI is InChI=1S/C14H23NO2/c1-4-6-7-8-9-10-11-15(3)12-13-17-14(16)5-2/h4-5,8-9H,1-2,6-7,10-13H2,3H3. The number of ether oxygens (including phenoxy) is 1. The van der Waals surface area contributed by atoms with Gasteiger partial charge < -0.3 is 9.64 Å². The summed E-state index contributed by atoms with van der Waals surface area (Å²) in [6.45, 7) is 9.15. The Labute approximate surface area is 104 Å². The van der Waals surface area contributed by atoms with Crippen LogP contribution in [-0.4, -0.2) is 37.6 Å². The second kappa shape index (κ2) is 11.1. The van der Waals surface area contributed by atoms with Gasteiger partial charge in [-0.05, 0) is 26.3 Å². The minimum Gasteiger partial charge on any atom is -0.461 e. The predicted octanol–water partition coefficient (Wildman–Crippen LogP) is 2.56. The molecule has 0 aromatic carbocycles. The third kappa shape index (κ3) is 10.9. The molecule has 0 rings (SSSR count). The van der Waals surface area contributed by atoms with E-state index in [9.17, 15) is 4.79 Å². The zero-order chi connectivity index (χ0) is 12.9. The molecular weight excluding hydrogens is 214 g/mol. The summed E-state index contributed by atoms with van der Waals surface area (Å²) in [7, 11) is 2.01. The Hall–Kier alpha value is -1.35. The number of esters is 1. The summed E-state index contributed by atoms with van der Waals surface area (Å²) >= 11 is 0. The molecule has 17 heavy (non-hydrogen) atoms. The molecule has 0 saturated heterocycles. The summed E-state index contributed by atoms with van der Waals surface area (Å²) < 4.78 is 4.89. The molecule has 0 atom stereocenters. The van der Waals surface area contributed by atoms with Gasteiger partial charge in [0.1, 0.15) is 6.61 Å². The number of rotatable bonds is 10. The van der Waals surface area contributed by atoms with Crippen molar-refractivity contribution in [2.45, 2.75) is 19.3 Å². The topological polar surface area (TPSA) is 29.5 Å². The molecule has 0 heterocycles. The SMILES string of the molecule is C=CCCC=CCCN(C)CCOC(=O)C=C. The molecule has 0 amide bonds. The highest BCUT2D eigenvalue weighted by molar-refractivity contribution is 5.81. The van der Waals surface area contributed by atoms with Gasteiger partial charge in [-0.25, -0.2) is 4.79 Å². The van der Waals surface area contributed by atoms with E-state index in [2.05, 4.69) is 30.2 Å². The molecule has 0 spiro atoms. The number of hydrogen-bond donors (Lipinski definition) is 0. The van der Waals surface area contributed by atoms with Crippen LogP contribution >= 0.6 is 0 Å². The van der Waals surface area contributed by atoms with E-state index < -0.39 is 0 Å². The van der Waals surface area contributed by atoms with E-state index in [0.717, 1.165) is 32.4 Å². The number of carbonyl (C=O) groups is 1. The smallest absolute Gasteiger partial charge is 0.330 e. The van der Waals surface area contributed by atoms with Gasteiger partial charge in [-0.3, -0.25) is 0 Å². The summed E-state index contributed by atoms with van der Waals surface area (Å²) in [5, 5.41) is 0. The maximum Gasteiger partial charge on any atom is 0.330 e. The average molecular weight is 237 g/mol. The third-order valence-corrected chi connectivity index (χ3v) is 2.27. The van der Waals surface area contributed by atoms with Gasteiger partial charge in [0, 0.05) is 19.2 Å². The van der Waals surface area contributed by atoms with Crippen LogP contribution in [0.2, 0.25) is 0 Å². The van der Waals surface area contributed by atoms with Crippen LogP contribution in [0, 0.1) is 0 Å². The molecule has 0 aliphatic rings. The van der Waals surface area contributed by atoms with Gasteiger partial charge in [0.25, 0.3) is 0 Å². The molecule has 0 unspecified atom stereocenters. The fourth-order valence-corrected chi connectivity index (χ4v) is 1.22. The molecule has 0 aromatic heterocycles. The molecule has 3 nitrogen and oxygen atoms in total. The van der Waals surface area contributed by atoms with E-state index in [1.807, 2.05) is 13.1 Å². The zero-order valence-corrected chi connectivity index (χ0v) is 10.7. The summed E-state index contributed by atoms with van der Waals surface area (Å²) in [6.07, 6.45) is 10.6. The van der Waals surface area contributed by atoms with E-state index in [0.29, 0.717) is 6.61 Å². The molecule has 0 bridgehead atoms. The van der Waals surface area contributed by atoms with Crippen LogP contribution in [-0.2, 0) is 9.53 Å². The highest BCUT2D eigenvalue weighted by Crippen LogP contribution is 1.95. The second-order valence-electron chi connectivity index (χ2n) is 3.80.